The molecule has 0 spiro atoms. The summed E-state index contributed by atoms with van der Waals surface area (Å²) in [6.45, 7) is 2.23. The summed E-state index contributed by atoms with van der Waals surface area (Å²) in [5, 5.41) is 18.0. The summed E-state index contributed by atoms with van der Waals surface area (Å²) < 4.78 is 0. The molecule has 2 N–H and O–H groups in total. The number of hydrogen-bond acceptors (Lipinski definition) is 4. The molecule has 0 radical (unpaired) electrons. The van der Waals surface area contributed by atoms with E-state index in [4.69, 9.17) is 10.2 Å². The maximum Gasteiger partial charge on any atom is 0.354 e. The van der Waals surface area contributed by atoms with Crippen molar-refractivity contribution in [2.24, 2.45) is 0 Å². The quantitative estimate of drug-likeness (QED) is 0.334. The molecule has 5 nitrogen and oxygen atoms in total. The first-order valence-electron chi connectivity index (χ1n) is 9.16. The van der Waals surface area contributed by atoms with Crippen molar-refractivity contribution in [2.45, 2.75) is 76.0 Å². The number of rotatable bonds is 14. The van der Waals surface area contributed by atoms with E-state index in [-0.39, 0.29) is 11.4 Å². The molecule has 0 aliphatic carbocycles. The van der Waals surface area contributed by atoms with Gasteiger partial charge in [0.05, 0.1) is 0 Å². The predicted octanol–water partition coefficient (Wildman–Crippen LogP) is 5.49. The molecular formula is C19H29NO4S. The van der Waals surface area contributed by atoms with E-state index in [2.05, 4.69) is 11.9 Å². The third kappa shape index (κ3) is 9.48. The lowest BCUT2D eigenvalue weighted by Gasteiger charge is -2.05. The molecule has 1 rings (SSSR count). The number of aromatic carboxylic acids is 2. The average Bonchev–Trinajstić information content (AvgIpc) is 2.59. The molecule has 0 fully saturated rings. The average molecular weight is 368 g/mol. The SMILES string of the molecule is CCCCCCCCCCCCSc1cc(C(=O)O)nc(C(=O)O)c1. The molecule has 0 saturated heterocycles. The normalized spacial score (nSPS) is 10.8. The molecule has 1 heterocycles. The molecule has 0 amide bonds. The Morgan fingerprint density at radius 1 is 0.840 bits per heavy atom. The fraction of sp³-hybridized carbons (Fsp3) is 0.632. The van der Waals surface area contributed by atoms with Crippen LogP contribution in [0.5, 0.6) is 0 Å². The lowest BCUT2D eigenvalue weighted by Crippen LogP contribution is -2.07. The molecule has 140 valence electrons. The van der Waals surface area contributed by atoms with Crippen molar-refractivity contribution < 1.29 is 19.8 Å². The zero-order valence-corrected chi connectivity index (χ0v) is 15.8. The van der Waals surface area contributed by atoms with E-state index < -0.39 is 11.9 Å². The summed E-state index contributed by atoms with van der Waals surface area (Å²) in [6, 6.07) is 2.88. The van der Waals surface area contributed by atoms with Gasteiger partial charge in [-0.1, -0.05) is 64.7 Å². The van der Waals surface area contributed by atoms with Crippen LogP contribution in [-0.4, -0.2) is 32.9 Å². The van der Waals surface area contributed by atoms with Crippen molar-refractivity contribution in [3.8, 4) is 0 Å². The first-order valence-corrected chi connectivity index (χ1v) is 10.1. The fourth-order valence-electron chi connectivity index (χ4n) is 2.59. The zero-order valence-electron chi connectivity index (χ0n) is 15.0. The minimum atomic E-state index is -1.20. The molecule has 0 aromatic carbocycles. The number of thioether (sulfide) groups is 1. The molecule has 0 aliphatic rings. The van der Waals surface area contributed by atoms with Gasteiger partial charge in [0.2, 0.25) is 0 Å². The van der Waals surface area contributed by atoms with Gasteiger partial charge in [-0.05, 0) is 24.3 Å². The highest BCUT2D eigenvalue weighted by Crippen LogP contribution is 2.22. The topological polar surface area (TPSA) is 87.5 Å². The van der Waals surface area contributed by atoms with Gasteiger partial charge in [-0.3, -0.25) is 0 Å². The molecule has 6 heteroatoms. The van der Waals surface area contributed by atoms with Crippen LogP contribution in [0.4, 0.5) is 0 Å². The summed E-state index contributed by atoms with van der Waals surface area (Å²) >= 11 is 1.49. The molecule has 0 unspecified atom stereocenters. The lowest BCUT2D eigenvalue weighted by atomic mass is 10.1. The predicted molar refractivity (Wildman–Crippen MR) is 101 cm³/mol. The van der Waals surface area contributed by atoms with E-state index in [1.54, 1.807) is 0 Å². The third-order valence-electron chi connectivity index (χ3n) is 4.00. The van der Waals surface area contributed by atoms with Crippen LogP contribution >= 0.6 is 11.8 Å². The van der Waals surface area contributed by atoms with Gasteiger partial charge >= 0.3 is 11.9 Å². The standard InChI is InChI=1S/C19H29NO4S/c1-2-3-4-5-6-7-8-9-10-11-12-25-15-13-16(18(21)22)20-17(14-15)19(23)24/h13-14H,2-12H2,1H3,(H,21,22)(H,23,24). The first kappa shape index (κ1) is 21.5. The molecule has 1 aromatic rings. The van der Waals surface area contributed by atoms with Crippen molar-refractivity contribution in [1.29, 1.82) is 0 Å². The fourth-order valence-corrected chi connectivity index (χ4v) is 3.56. The summed E-state index contributed by atoms with van der Waals surface area (Å²) in [7, 11) is 0. The van der Waals surface area contributed by atoms with E-state index >= 15 is 0 Å². The second kappa shape index (κ2) is 12.8. The van der Waals surface area contributed by atoms with Gasteiger partial charge in [0.25, 0.3) is 0 Å². The smallest absolute Gasteiger partial charge is 0.354 e. The van der Waals surface area contributed by atoms with Crippen LogP contribution in [0, 0.1) is 0 Å². The second-order valence-corrected chi connectivity index (χ2v) is 7.38. The number of carbonyl (C=O) groups is 2. The van der Waals surface area contributed by atoms with Gasteiger partial charge in [-0.2, -0.15) is 0 Å². The molecule has 0 saturated carbocycles. The Morgan fingerprint density at radius 3 is 1.72 bits per heavy atom. The van der Waals surface area contributed by atoms with Crippen LogP contribution in [0.25, 0.3) is 0 Å². The monoisotopic (exact) mass is 367 g/mol. The van der Waals surface area contributed by atoms with Gasteiger partial charge in [-0.15, -0.1) is 11.8 Å². The number of carboxylic acids is 2. The van der Waals surface area contributed by atoms with Crippen LogP contribution in [0.2, 0.25) is 0 Å². The molecule has 0 aliphatic heterocycles. The van der Waals surface area contributed by atoms with Crippen molar-refractivity contribution in [3.63, 3.8) is 0 Å². The van der Waals surface area contributed by atoms with Gasteiger partial charge in [-0.25, -0.2) is 14.6 Å². The summed E-state index contributed by atoms with van der Waals surface area (Å²) in [5.41, 5.74) is -0.434. The Labute approximate surface area is 154 Å². The largest absolute Gasteiger partial charge is 0.477 e. The van der Waals surface area contributed by atoms with E-state index in [9.17, 15) is 9.59 Å². The minimum Gasteiger partial charge on any atom is -0.477 e. The number of nitrogens with zero attached hydrogens (tertiary/aromatic N) is 1. The molecule has 0 bridgehead atoms. The number of carboxylic acid groups (broad SMARTS) is 2. The van der Waals surface area contributed by atoms with Gasteiger partial charge in [0.15, 0.2) is 0 Å². The highest BCUT2D eigenvalue weighted by atomic mass is 32.2. The first-order chi connectivity index (χ1) is 12.0. The van der Waals surface area contributed by atoms with Crippen molar-refractivity contribution in [2.75, 3.05) is 5.75 Å². The Kier molecular flexibility index (Phi) is 11.0. The Balaban J connectivity index is 2.21. The van der Waals surface area contributed by atoms with E-state index in [1.807, 2.05) is 0 Å². The Bertz CT molecular complexity index is 516. The maximum atomic E-state index is 11.0. The van der Waals surface area contributed by atoms with Gasteiger partial charge in [0, 0.05) is 4.90 Å². The van der Waals surface area contributed by atoms with Crippen LogP contribution in [0.3, 0.4) is 0 Å². The molecule has 0 atom stereocenters. The van der Waals surface area contributed by atoms with E-state index in [0.29, 0.717) is 4.90 Å². The van der Waals surface area contributed by atoms with Crippen LogP contribution in [0.15, 0.2) is 17.0 Å². The zero-order chi connectivity index (χ0) is 18.5. The number of pyridine rings is 1. The Hall–Kier alpha value is -1.56. The Morgan fingerprint density at radius 2 is 1.28 bits per heavy atom. The van der Waals surface area contributed by atoms with Crippen LogP contribution < -0.4 is 0 Å². The lowest BCUT2D eigenvalue weighted by molar-refractivity contribution is 0.0684. The number of hydrogen-bond donors (Lipinski definition) is 2. The van der Waals surface area contributed by atoms with E-state index in [1.165, 1.54) is 75.3 Å². The third-order valence-corrected chi connectivity index (χ3v) is 5.07. The van der Waals surface area contributed by atoms with Gasteiger partial charge < -0.3 is 10.2 Å². The number of unbranched alkanes of at least 4 members (excludes halogenated alkanes) is 9. The molecular weight excluding hydrogens is 338 g/mol. The summed E-state index contributed by atoms with van der Waals surface area (Å²) in [4.78, 5) is 26.3. The van der Waals surface area contributed by atoms with Crippen molar-refractivity contribution in [3.05, 3.63) is 23.5 Å². The minimum absolute atomic E-state index is 0.217. The maximum absolute atomic E-state index is 11.0. The second-order valence-electron chi connectivity index (χ2n) is 6.21. The van der Waals surface area contributed by atoms with E-state index in [0.717, 1.165) is 18.6 Å². The molecule has 25 heavy (non-hydrogen) atoms. The molecule has 1 aromatic heterocycles. The van der Waals surface area contributed by atoms with Crippen molar-refractivity contribution >= 4 is 23.7 Å². The van der Waals surface area contributed by atoms with Gasteiger partial charge in [0.1, 0.15) is 11.4 Å². The van der Waals surface area contributed by atoms with Crippen LogP contribution in [0.1, 0.15) is 92.1 Å². The van der Waals surface area contributed by atoms with Crippen molar-refractivity contribution in [1.82, 2.24) is 4.98 Å². The highest BCUT2D eigenvalue weighted by molar-refractivity contribution is 7.99. The summed E-state index contributed by atoms with van der Waals surface area (Å²) in [5.74, 6) is -1.55. The summed E-state index contributed by atoms with van der Waals surface area (Å²) in [6.07, 6.45) is 12.7. The number of aromatic nitrogens is 1. The highest BCUT2D eigenvalue weighted by Gasteiger charge is 2.13. The van der Waals surface area contributed by atoms with Crippen LogP contribution in [-0.2, 0) is 0 Å².